The van der Waals surface area contributed by atoms with Gasteiger partial charge in [0.2, 0.25) is 15.9 Å². The molecule has 1 aromatic heterocycles. The molecule has 1 aromatic carbocycles. The van der Waals surface area contributed by atoms with E-state index < -0.39 is 10.0 Å². The molecule has 1 aliphatic rings. The molecule has 0 spiro atoms. The average Bonchev–Trinajstić information content (AvgIpc) is 3.30. The van der Waals surface area contributed by atoms with Crippen LogP contribution in [-0.4, -0.2) is 30.5 Å². The van der Waals surface area contributed by atoms with Crippen LogP contribution in [0.2, 0.25) is 0 Å². The second-order valence-corrected chi connectivity index (χ2v) is 8.02. The van der Waals surface area contributed by atoms with Crippen LogP contribution in [0.5, 0.6) is 0 Å². The van der Waals surface area contributed by atoms with Crippen molar-refractivity contribution >= 4 is 15.9 Å². The van der Waals surface area contributed by atoms with E-state index in [0.717, 1.165) is 12.8 Å². The summed E-state index contributed by atoms with van der Waals surface area (Å²) in [5, 5.41) is 6.56. The van der Waals surface area contributed by atoms with Crippen LogP contribution in [0, 0.1) is 0 Å². The van der Waals surface area contributed by atoms with Gasteiger partial charge < -0.3 is 9.84 Å². The van der Waals surface area contributed by atoms with Gasteiger partial charge in [0.25, 0.3) is 5.91 Å². The highest BCUT2D eigenvalue weighted by molar-refractivity contribution is 7.89. The Hall–Kier alpha value is -2.26. The first-order valence-electron chi connectivity index (χ1n) is 8.08. The Balaban J connectivity index is 1.60. The number of nitrogens with one attached hydrogen (secondary N) is 2. The summed E-state index contributed by atoms with van der Waals surface area (Å²) in [4.78, 5) is 16.5. The second-order valence-electron chi connectivity index (χ2n) is 6.30. The molecule has 8 nitrogen and oxygen atoms in total. The van der Waals surface area contributed by atoms with E-state index in [0.29, 0.717) is 23.2 Å². The molecule has 0 radical (unpaired) electrons. The summed E-state index contributed by atoms with van der Waals surface area (Å²) in [7, 11) is -3.57. The Morgan fingerprint density at radius 2 is 1.96 bits per heavy atom. The molecule has 1 heterocycles. The summed E-state index contributed by atoms with van der Waals surface area (Å²) >= 11 is 0. The van der Waals surface area contributed by atoms with E-state index in [4.69, 9.17) is 4.52 Å². The first-order valence-corrected chi connectivity index (χ1v) is 9.56. The Morgan fingerprint density at radius 1 is 1.28 bits per heavy atom. The van der Waals surface area contributed by atoms with Crippen molar-refractivity contribution in [3.8, 4) is 0 Å². The predicted octanol–water partition coefficient (Wildman–Crippen LogP) is 1.56. The third-order valence-electron chi connectivity index (χ3n) is 3.64. The number of benzene rings is 1. The molecule has 1 fully saturated rings. The fourth-order valence-electron chi connectivity index (χ4n) is 2.27. The number of carbonyl (C=O) groups excluding carboxylic acids is 1. The molecular weight excluding hydrogens is 344 g/mol. The molecule has 0 atom stereocenters. The van der Waals surface area contributed by atoms with E-state index in [1.165, 1.54) is 24.3 Å². The molecule has 1 amide bonds. The van der Waals surface area contributed by atoms with Gasteiger partial charge in [-0.05, 0) is 51.0 Å². The monoisotopic (exact) mass is 364 g/mol. The van der Waals surface area contributed by atoms with Gasteiger partial charge in [0.05, 0.1) is 11.4 Å². The maximum atomic E-state index is 12.1. The molecule has 0 aliphatic heterocycles. The summed E-state index contributed by atoms with van der Waals surface area (Å²) in [5.74, 6) is 1.10. The number of sulfonamides is 1. The summed E-state index contributed by atoms with van der Waals surface area (Å²) in [5.41, 5.74) is 0.352. The molecule has 2 aromatic rings. The first kappa shape index (κ1) is 17.6. The van der Waals surface area contributed by atoms with Crippen molar-refractivity contribution in [2.45, 2.75) is 50.1 Å². The zero-order valence-corrected chi connectivity index (χ0v) is 14.8. The number of hydrogen-bond acceptors (Lipinski definition) is 6. The van der Waals surface area contributed by atoms with Crippen molar-refractivity contribution in [3.63, 3.8) is 0 Å². The Morgan fingerprint density at radius 3 is 2.56 bits per heavy atom. The molecule has 0 unspecified atom stereocenters. The number of aromatic nitrogens is 2. The van der Waals surface area contributed by atoms with Gasteiger partial charge in [-0.1, -0.05) is 5.16 Å². The van der Waals surface area contributed by atoms with Crippen LogP contribution in [-0.2, 0) is 16.6 Å². The lowest BCUT2D eigenvalue weighted by atomic mass is 10.2. The minimum absolute atomic E-state index is 0.115. The SMILES string of the molecule is CC(C)NS(=O)(=O)c1ccc(C(=O)NCc2nc(C3CC3)no2)cc1. The van der Waals surface area contributed by atoms with E-state index in [9.17, 15) is 13.2 Å². The van der Waals surface area contributed by atoms with Crippen molar-refractivity contribution in [1.82, 2.24) is 20.2 Å². The normalized spacial score (nSPS) is 14.7. The maximum Gasteiger partial charge on any atom is 0.251 e. The molecule has 9 heteroatoms. The number of hydrogen-bond donors (Lipinski definition) is 2. The molecule has 2 N–H and O–H groups in total. The van der Waals surface area contributed by atoms with Gasteiger partial charge in [-0.3, -0.25) is 4.79 Å². The minimum Gasteiger partial charge on any atom is -0.343 e. The lowest BCUT2D eigenvalue weighted by Gasteiger charge is -2.10. The number of carbonyl (C=O) groups is 1. The van der Waals surface area contributed by atoms with Crippen LogP contribution in [0.15, 0.2) is 33.7 Å². The van der Waals surface area contributed by atoms with E-state index in [1.54, 1.807) is 13.8 Å². The van der Waals surface area contributed by atoms with Gasteiger partial charge in [0, 0.05) is 17.5 Å². The Kier molecular flexibility index (Phi) is 4.87. The highest BCUT2D eigenvalue weighted by atomic mass is 32.2. The number of rotatable bonds is 7. The van der Waals surface area contributed by atoms with Gasteiger partial charge in [-0.25, -0.2) is 13.1 Å². The molecule has 1 saturated carbocycles. The van der Waals surface area contributed by atoms with Crippen LogP contribution in [0.25, 0.3) is 0 Å². The second kappa shape index (κ2) is 6.93. The quantitative estimate of drug-likeness (QED) is 0.771. The smallest absolute Gasteiger partial charge is 0.251 e. The fourth-order valence-corrected chi connectivity index (χ4v) is 3.52. The lowest BCUT2D eigenvalue weighted by molar-refractivity contribution is 0.0946. The maximum absolute atomic E-state index is 12.1. The zero-order chi connectivity index (χ0) is 18.0. The van der Waals surface area contributed by atoms with Crippen molar-refractivity contribution in [1.29, 1.82) is 0 Å². The summed E-state index contributed by atoms with van der Waals surface area (Å²) in [6.07, 6.45) is 2.15. The largest absolute Gasteiger partial charge is 0.343 e. The van der Waals surface area contributed by atoms with Crippen molar-refractivity contribution in [2.75, 3.05) is 0 Å². The topological polar surface area (TPSA) is 114 Å². The molecular formula is C16H20N4O4S. The predicted molar refractivity (Wildman–Crippen MR) is 89.3 cm³/mol. The summed E-state index contributed by atoms with van der Waals surface area (Å²) < 4.78 is 31.7. The van der Waals surface area contributed by atoms with Gasteiger partial charge in [0.15, 0.2) is 5.82 Å². The molecule has 25 heavy (non-hydrogen) atoms. The summed E-state index contributed by atoms with van der Waals surface area (Å²) in [6, 6.07) is 5.53. The average molecular weight is 364 g/mol. The minimum atomic E-state index is -3.57. The van der Waals surface area contributed by atoms with E-state index in [1.807, 2.05) is 0 Å². The highest BCUT2D eigenvalue weighted by Gasteiger charge is 2.28. The number of nitrogens with zero attached hydrogens (tertiary/aromatic N) is 2. The lowest BCUT2D eigenvalue weighted by Crippen LogP contribution is -2.30. The van der Waals surface area contributed by atoms with Crippen molar-refractivity contribution in [3.05, 3.63) is 41.5 Å². The third-order valence-corrected chi connectivity index (χ3v) is 5.32. The first-order chi connectivity index (χ1) is 11.8. The zero-order valence-electron chi connectivity index (χ0n) is 14.0. The molecule has 1 aliphatic carbocycles. The molecule has 0 bridgehead atoms. The van der Waals surface area contributed by atoms with E-state index in [2.05, 4.69) is 20.2 Å². The molecule has 134 valence electrons. The molecule has 0 saturated heterocycles. The van der Waals surface area contributed by atoms with Crippen LogP contribution in [0.3, 0.4) is 0 Å². The van der Waals surface area contributed by atoms with Crippen molar-refractivity contribution in [2.24, 2.45) is 0 Å². The highest BCUT2D eigenvalue weighted by Crippen LogP contribution is 2.38. The van der Waals surface area contributed by atoms with Crippen LogP contribution in [0.4, 0.5) is 0 Å². The number of amides is 1. The van der Waals surface area contributed by atoms with Crippen molar-refractivity contribution < 1.29 is 17.7 Å². The van der Waals surface area contributed by atoms with Crippen LogP contribution in [0.1, 0.15) is 54.7 Å². The third kappa shape index (κ3) is 4.43. The van der Waals surface area contributed by atoms with E-state index >= 15 is 0 Å². The fraction of sp³-hybridized carbons (Fsp3) is 0.438. The van der Waals surface area contributed by atoms with Crippen LogP contribution < -0.4 is 10.0 Å². The van der Waals surface area contributed by atoms with Gasteiger partial charge in [-0.2, -0.15) is 4.98 Å². The molecule has 3 rings (SSSR count). The van der Waals surface area contributed by atoms with Crippen LogP contribution >= 0.6 is 0 Å². The standard InChI is InChI=1S/C16H20N4O4S/c1-10(2)20-25(22,23)13-7-5-12(6-8-13)16(21)17-9-14-18-15(19-24-14)11-3-4-11/h5-8,10-11,20H,3-4,9H2,1-2H3,(H,17,21). The van der Waals surface area contributed by atoms with E-state index in [-0.39, 0.29) is 23.4 Å². The Bertz CT molecular complexity index is 855. The summed E-state index contributed by atoms with van der Waals surface area (Å²) in [6.45, 7) is 3.62. The van der Waals surface area contributed by atoms with Gasteiger partial charge in [-0.15, -0.1) is 0 Å². The Labute approximate surface area is 146 Å². The van der Waals surface area contributed by atoms with Gasteiger partial charge >= 0.3 is 0 Å². The van der Waals surface area contributed by atoms with Gasteiger partial charge in [0.1, 0.15) is 0 Å².